The Morgan fingerprint density at radius 1 is 1.33 bits per heavy atom. The molecule has 0 spiro atoms. The quantitative estimate of drug-likeness (QED) is 0.739. The van der Waals surface area contributed by atoms with Gasteiger partial charge in [-0.1, -0.05) is 23.4 Å². The summed E-state index contributed by atoms with van der Waals surface area (Å²) in [6.07, 6.45) is 1.94. The molecule has 0 radical (unpaired) electrons. The lowest BCUT2D eigenvalue weighted by atomic mass is 10.2. The van der Waals surface area contributed by atoms with E-state index >= 15 is 0 Å². The monoisotopic (exact) mass is 283 g/mol. The molecule has 0 aliphatic carbocycles. The minimum absolute atomic E-state index is 0.0389. The van der Waals surface area contributed by atoms with Crippen LogP contribution in [0.5, 0.6) is 0 Å². The summed E-state index contributed by atoms with van der Waals surface area (Å²) in [6.45, 7) is 2.61. The number of aromatic nitrogens is 2. The zero-order chi connectivity index (χ0) is 14.8. The first-order chi connectivity index (χ1) is 10.1. The number of amides is 1. The zero-order valence-electron chi connectivity index (χ0n) is 12.1. The van der Waals surface area contributed by atoms with Crippen LogP contribution in [-0.4, -0.2) is 27.6 Å². The van der Waals surface area contributed by atoms with Gasteiger partial charge in [0.1, 0.15) is 18.0 Å². The van der Waals surface area contributed by atoms with Crippen molar-refractivity contribution in [2.75, 3.05) is 7.05 Å². The van der Waals surface area contributed by atoms with E-state index in [1.54, 1.807) is 11.9 Å². The van der Waals surface area contributed by atoms with E-state index in [-0.39, 0.29) is 5.91 Å². The van der Waals surface area contributed by atoms with E-state index in [9.17, 15) is 4.79 Å². The Morgan fingerprint density at radius 3 is 2.90 bits per heavy atom. The number of benzene rings is 1. The lowest BCUT2D eigenvalue weighted by Crippen LogP contribution is -2.29. The topological polar surface area (TPSA) is 51.3 Å². The van der Waals surface area contributed by atoms with Crippen molar-refractivity contribution in [3.05, 3.63) is 54.0 Å². The summed E-state index contributed by atoms with van der Waals surface area (Å²) in [4.78, 5) is 14.0. The van der Waals surface area contributed by atoms with Crippen molar-refractivity contribution in [3.8, 4) is 0 Å². The summed E-state index contributed by atoms with van der Waals surface area (Å²) >= 11 is 0. The average molecular weight is 283 g/mol. The Bertz CT molecular complexity index is 773. The molecule has 0 atom stereocenters. The molecule has 5 nitrogen and oxygen atoms in total. The Labute approximate surface area is 122 Å². The first-order valence-electron chi connectivity index (χ1n) is 6.83. The highest BCUT2D eigenvalue weighted by Gasteiger charge is 2.13. The minimum Gasteiger partial charge on any atom is -0.361 e. The third-order valence-corrected chi connectivity index (χ3v) is 3.49. The van der Waals surface area contributed by atoms with Crippen LogP contribution in [0.4, 0.5) is 0 Å². The highest BCUT2D eigenvalue weighted by Crippen LogP contribution is 2.15. The Balaban J connectivity index is 1.70. The molecule has 5 heteroatoms. The second-order valence-electron chi connectivity index (χ2n) is 5.18. The molecule has 1 aromatic carbocycles. The van der Waals surface area contributed by atoms with Gasteiger partial charge in [0.25, 0.3) is 0 Å². The molecule has 0 N–H and O–H groups in total. The predicted molar refractivity (Wildman–Crippen MR) is 79.7 cm³/mol. The zero-order valence-corrected chi connectivity index (χ0v) is 12.1. The second-order valence-corrected chi connectivity index (χ2v) is 5.18. The highest BCUT2D eigenvalue weighted by molar-refractivity contribution is 5.83. The molecule has 3 aromatic rings. The maximum Gasteiger partial charge on any atom is 0.242 e. The molecule has 0 saturated carbocycles. The molecular formula is C16H17N3O2. The lowest BCUT2D eigenvalue weighted by Gasteiger charge is -2.16. The highest BCUT2D eigenvalue weighted by atomic mass is 16.5. The molecule has 0 saturated heterocycles. The smallest absolute Gasteiger partial charge is 0.242 e. The Hall–Kier alpha value is -2.56. The average Bonchev–Trinajstić information content (AvgIpc) is 3.06. The summed E-state index contributed by atoms with van der Waals surface area (Å²) in [5.41, 5.74) is 1.83. The third kappa shape index (κ3) is 2.81. The molecule has 0 unspecified atom stereocenters. The lowest BCUT2D eigenvalue weighted by molar-refractivity contribution is -0.131. The van der Waals surface area contributed by atoms with E-state index in [1.165, 1.54) is 0 Å². The normalized spacial score (nSPS) is 11.0. The number of carbonyl (C=O) groups excluding carboxylic acids is 1. The number of fused-ring (bicyclic) bond motifs is 1. The fourth-order valence-electron chi connectivity index (χ4n) is 2.37. The van der Waals surface area contributed by atoms with Crippen molar-refractivity contribution in [1.82, 2.24) is 14.6 Å². The fraction of sp³-hybridized carbons (Fsp3) is 0.250. The molecular weight excluding hydrogens is 266 g/mol. The van der Waals surface area contributed by atoms with Crippen molar-refractivity contribution in [3.63, 3.8) is 0 Å². The van der Waals surface area contributed by atoms with Gasteiger partial charge in [0.15, 0.2) is 0 Å². The molecule has 21 heavy (non-hydrogen) atoms. The Morgan fingerprint density at radius 2 is 2.14 bits per heavy atom. The molecule has 2 aromatic heterocycles. The van der Waals surface area contributed by atoms with Crippen LogP contribution in [0.3, 0.4) is 0 Å². The molecule has 0 aliphatic heterocycles. The number of nitrogens with zero attached hydrogens (tertiary/aromatic N) is 3. The first kappa shape index (κ1) is 13.4. The van der Waals surface area contributed by atoms with Gasteiger partial charge in [-0.25, -0.2) is 0 Å². The van der Waals surface area contributed by atoms with Crippen LogP contribution in [0.25, 0.3) is 10.9 Å². The van der Waals surface area contributed by atoms with Crippen molar-refractivity contribution in [1.29, 1.82) is 0 Å². The molecule has 2 heterocycles. The molecule has 1 amide bonds. The van der Waals surface area contributed by atoms with Crippen molar-refractivity contribution in [2.45, 2.75) is 20.0 Å². The summed E-state index contributed by atoms with van der Waals surface area (Å²) in [5.74, 6) is 0.791. The van der Waals surface area contributed by atoms with E-state index in [1.807, 2.05) is 54.1 Å². The maximum absolute atomic E-state index is 12.3. The van der Waals surface area contributed by atoms with Gasteiger partial charge < -0.3 is 14.0 Å². The molecule has 3 rings (SSSR count). The predicted octanol–water partition coefficient (Wildman–Crippen LogP) is 2.60. The Kier molecular flexibility index (Phi) is 3.48. The number of para-hydroxylation sites is 1. The van der Waals surface area contributed by atoms with E-state index in [0.29, 0.717) is 13.1 Å². The van der Waals surface area contributed by atoms with Crippen LogP contribution in [0.2, 0.25) is 0 Å². The molecule has 0 aliphatic rings. The van der Waals surface area contributed by atoms with Gasteiger partial charge in [0, 0.05) is 24.8 Å². The standard InChI is InChI=1S/C16H17N3O2/c1-12-9-14(17-21-12)10-18(2)16(20)11-19-8-7-13-5-3-4-6-15(13)19/h3-9H,10-11H2,1-2H3. The van der Waals surface area contributed by atoms with Gasteiger partial charge in [-0.2, -0.15) is 0 Å². The molecule has 0 bridgehead atoms. The van der Waals surface area contributed by atoms with Gasteiger partial charge in [-0.3, -0.25) is 4.79 Å². The third-order valence-electron chi connectivity index (χ3n) is 3.49. The van der Waals surface area contributed by atoms with E-state index < -0.39 is 0 Å². The van der Waals surface area contributed by atoms with E-state index in [0.717, 1.165) is 22.4 Å². The van der Waals surface area contributed by atoms with Crippen molar-refractivity contribution >= 4 is 16.8 Å². The number of carbonyl (C=O) groups is 1. The maximum atomic E-state index is 12.3. The molecule has 0 fully saturated rings. The van der Waals surface area contributed by atoms with Crippen LogP contribution in [0, 0.1) is 6.92 Å². The summed E-state index contributed by atoms with van der Waals surface area (Å²) in [6, 6.07) is 11.9. The van der Waals surface area contributed by atoms with Crippen molar-refractivity contribution in [2.24, 2.45) is 0 Å². The summed E-state index contributed by atoms with van der Waals surface area (Å²) < 4.78 is 6.98. The van der Waals surface area contributed by atoms with Gasteiger partial charge in [-0.15, -0.1) is 0 Å². The van der Waals surface area contributed by atoms with Crippen LogP contribution in [0.1, 0.15) is 11.5 Å². The SMILES string of the molecule is Cc1cc(CN(C)C(=O)Cn2ccc3ccccc32)no1. The van der Waals surface area contributed by atoms with Crippen LogP contribution in [0.15, 0.2) is 47.1 Å². The van der Waals surface area contributed by atoms with Crippen LogP contribution >= 0.6 is 0 Å². The molecule has 108 valence electrons. The van der Waals surface area contributed by atoms with Gasteiger partial charge in [-0.05, 0) is 24.4 Å². The van der Waals surface area contributed by atoms with Crippen molar-refractivity contribution < 1.29 is 9.32 Å². The van der Waals surface area contributed by atoms with Crippen LogP contribution in [-0.2, 0) is 17.9 Å². The van der Waals surface area contributed by atoms with Crippen LogP contribution < -0.4 is 0 Å². The fourth-order valence-corrected chi connectivity index (χ4v) is 2.37. The first-order valence-corrected chi connectivity index (χ1v) is 6.83. The van der Waals surface area contributed by atoms with Gasteiger partial charge in [0.05, 0.1) is 6.54 Å². The summed E-state index contributed by atoms with van der Waals surface area (Å²) in [5, 5.41) is 5.05. The summed E-state index contributed by atoms with van der Waals surface area (Å²) in [7, 11) is 1.78. The number of hydrogen-bond donors (Lipinski definition) is 0. The number of aryl methyl sites for hydroxylation is 1. The van der Waals surface area contributed by atoms with Gasteiger partial charge >= 0.3 is 0 Å². The largest absolute Gasteiger partial charge is 0.361 e. The number of rotatable bonds is 4. The second kappa shape index (κ2) is 5.44. The van der Waals surface area contributed by atoms with E-state index in [2.05, 4.69) is 5.16 Å². The number of hydrogen-bond acceptors (Lipinski definition) is 3. The minimum atomic E-state index is 0.0389. The number of likely N-dealkylation sites (N-methyl/N-ethyl adjacent to an activating group) is 1. The van der Waals surface area contributed by atoms with Gasteiger partial charge in [0.2, 0.25) is 5.91 Å². The van der Waals surface area contributed by atoms with E-state index in [4.69, 9.17) is 4.52 Å².